The van der Waals surface area contributed by atoms with Gasteiger partial charge in [0.05, 0.1) is 5.52 Å². The van der Waals surface area contributed by atoms with Crippen molar-refractivity contribution in [2.24, 2.45) is 0 Å². The zero-order valence-electron chi connectivity index (χ0n) is 15.1. The van der Waals surface area contributed by atoms with Gasteiger partial charge < -0.3 is 0 Å². The fourth-order valence-corrected chi connectivity index (χ4v) is 3.47. The first kappa shape index (κ1) is 17.4. The van der Waals surface area contributed by atoms with Gasteiger partial charge in [-0.3, -0.25) is 4.40 Å². The molecule has 2 nitrogen and oxygen atoms in total. The molecule has 3 rings (SSSR count). The lowest BCUT2D eigenvalue weighted by Crippen LogP contribution is -1.99. The summed E-state index contributed by atoms with van der Waals surface area (Å²) < 4.78 is 16.6. The number of pyridine rings is 1. The predicted octanol–water partition coefficient (Wildman–Crippen LogP) is 6.43. The van der Waals surface area contributed by atoms with Crippen LogP contribution in [-0.4, -0.2) is 9.38 Å². The number of imidazole rings is 1. The number of aromatic nitrogens is 2. The van der Waals surface area contributed by atoms with Crippen molar-refractivity contribution in [2.45, 2.75) is 46.0 Å². The van der Waals surface area contributed by atoms with E-state index in [9.17, 15) is 4.39 Å². The molecule has 0 bridgehead atoms. The van der Waals surface area contributed by atoms with Gasteiger partial charge in [-0.05, 0) is 43.0 Å². The third-order valence-electron chi connectivity index (χ3n) is 4.72. The smallest absolute Gasteiger partial charge is 0.145 e. The van der Waals surface area contributed by atoms with Crippen molar-refractivity contribution in [1.29, 1.82) is 0 Å². The van der Waals surface area contributed by atoms with Crippen LogP contribution in [0.5, 0.6) is 0 Å². The molecule has 0 aliphatic heterocycles. The zero-order chi connectivity index (χ0) is 17.8. The van der Waals surface area contributed by atoms with Crippen LogP contribution in [0.2, 0.25) is 0 Å². The highest BCUT2D eigenvalue weighted by Gasteiger charge is 2.14. The molecular weight excluding hydrogens is 311 g/mol. The van der Waals surface area contributed by atoms with Crippen LogP contribution in [0.15, 0.2) is 37.2 Å². The van der Waals surface area contributed by atoms with E-state index in [1.54, 1.807) is 12.3 Å². The van der Waals surface area contributed by atoms with E-state index in [0.29, 0.717) is 0 Å². The summed E-state index contributed by atoms with van der Waals surface area (Å²) in [6, 6.07) is 3.64. The summed E-state index contributed by atoms with van der Waals surface area (Å²) in [6.45, 7) is 8.16. The summed E-state index contributed by atoms with van der Waals surface area (Å²) in [7, 11) is 0. The standard InChI is InChI=1S/C22H25FN2/c1-4-7-8-9-11-16-14-19-17(6-3)18(10-5-2)22-24-12-13-25(22)21(19)15-20(16)23/h5-6,10,12-15H,3-4,7-9,11H2,1-2H3/b10-5-. The number of rotatable bonds is 7. The molecule has 1 aromatic carbocycles. The minimum absolute atomic E-state index is 0.132. The van der Waals surface area contributed by atoms with Gasteiger partial charge in [-0.25, -0.2) is 9.37 Å². The monoisotopic (exact) mass is 336 g/mol. The summed E-state index contributed by atoms with van der Waals surface area (Å²) in [6.07, 6.45) is 14.9. The molecule has 0 fully saturated rings. The topological polar surface area (TPSA) is 17.3 Å². The predicted molar refractivity (Wildman–Crippen MR) is 105 cm³/mol. The van der Waals surface area contributed by atoms with Gasteiger partial charge in [-0.2, -0.15) is 0 Å². The molecule has 2 heterocycles. The van der Waals surface area contributed by atoms with Crippen molar-refractivity contribution in [3.63, 3.8) is 0 Å². The van der Waals surface area contributed by atoms with Gasteiger partial charge in [0.2, 0.25) is 0 Å². The molecule has 0 atom stereocenters. The average molecular weight is 336 g/mol. The molecule has 25 heavy (non-hydrogen) atoms. The SMILES string of the molecule is C=Cc1c(/C=C\C)c2nccn2c2cc(F)c(CCCCCC)cc12. The van der Waals surface area contributed by atoms with E-state index in [1.807, 2.05) is 41.8 Å². The van der Waals surface area contributed by atoms with Crippen molar-refractivity contribution in [2.75, 3.05) is 0 Å². The molecule has 0 amide bonds. The van der Waals surface area contributed by atoms with Gasteiger partial charge in [0, 0.05) is 23.3 Å². The highest BCUT2D eigenvalue weighted by Crippen LogP contribution is 2.30. The maximum absolute atomic E-state index is 14.7. The number of unbranched alkanes of at least 4 members (excludes halogenated alkanes) is 3. The number of aryl methyl sites for hydroxylation is 1. The first-order valence-electron chi connectivity index (χ1n) is 9.07. The highest BCUT2D eigenvalue weighted by molar-refractivity contribution is 5.96. The zero-order valence-corrected chi connectivity index (χ0v) is 15.1. The Morgan fingerprint density at radius 1 is 1.20 bits per heavy atom. The second-order valence-electron chi connectivity index (χ2n) is 6.42. The van der Waals surface area contributed by atoms with E-state index in [4.69, 9.17) is 0 Å². The normalized spacial score (nSPS) is 11.8. The van der Waals surface area contributed by atoms with Crippen LogP contribution in [0.25, 0.3) is 28.7 Å². The molecule has 0 N–H and O–H groups in total. The Balaban J connectivity index is 2.20. The summed E-state index contributed by atoms with van der Waals surface area (Å²) in [5, 5.41) is 1.03. The molecule has 0 saturated heterocycles. The van der Waals surface area contributed by atoms with Crippen LogP contribution in [0.4, 0.5) is 4.39 Å². The number of hydrogen-bond acceptors (Lipinski definition) is 1. The molecule has 0 unspecified atom stereocenters. The summed E-state index contributed by atoms with van der Waals surface area (Å²) >= 11 is 0. The van der Waals surface area contributed by atoms with Gasteiger partial charge in [0.1, 0.15) is 11.5 Å². The lowest BCUT2D eigenvalue weighted by molar-refractivity contribution is 0.595. The molecule has 0 aliphatic carbocycles. The van der Waals surface area contributed by atoms with E-state index in [1.165, 1.54) is 12.8 Å². The maximum Gasteiger partial charge on any atom is 0.145 e. The molecule has 0 spiro atoms. The van der Waals surface area contributed by atoms with E-state index < -0.39 is 0 Å². The van der Waals surface area contributed by atoms with Crippen LogP contribution < -0.4 is 0 Å². The van der Waals surface area contributed by atoms with E-state index in [-0.39, 0.29) is 5.82 Å². The number of benzene rings is 1. The van der Waals surface area contributed by atoms with Gasteiger partial charge in [-0.15, -0.1) is 0 Å². The van der Waals surface area contributed by atoms with Crippen molar-refractivity contribution in [3.8, 4) is 0 Å². The summed E-state index contributed by atoms with van der Waals surface area (Å²) in [5.74, 6) is -0.132. The highest BCUT2D eigenvalue weighted by atomic mass is 19.1. The largest absolute Gasteiger partial charge is 0.299 e. The Labute approximate surface area is 148 Å². The lowest BCUT2D eigenvalue weighted by atomic mass is 9.97. The summed E-state index contributed by atoms with van der Waals surface area (Å²) in [5.41, 5.74) is 4.50. The van der Waals surface area contributed by atoms with Crippen LogP contribution >= 0.6 is 0 Å². The molecule has 0 aliphatic rings. The van der Waals surface area contributed by atoms with Crippen molar-refractivity contribution >= 4 is 28.7 Å². The number of allylic oxidation sites excluding steroid dienone is 1. The van der Waals surface area contributed by atoms with Gasteiger partial charge >= 0.3 is 0 Å². The van der Waals surface area contributed by atoms with Crippen LogP contribution in [0.1, 0.15) is 56.2 Å². The van der Waals surface area contributed by atoms with Gasteiger partial charge in [-0.1, -0.05) is 51.0 Å². The van der Waals surface area contributed by atoms with Crippen molar-refractivity contribution in [1.82, 2.24) is 9.38 Å². The van der Waals surface area contributed by atoms with E-state index in [0.717, 1.165) is 52.5 Å². The average Bonchev–Trinajstić information content (AvgIpc) is 3.10. The fraction of sp³-hybridized carbons (Fsp3) is 0.318. The van der Waals surface area contributed by atoms with Crippen LogP contribution in [0, 0.1) is 5.82 Å². The van der Waals surface area contributed by atoms with Crippen molar-refractivity contribution < 1.29 is 4.39 Å². The third kappa shape index (κ3) is 3.23. The first-order valence-corrected chi connectivity index (χ1v) is 9.07. The van der Waals surface area contributed by atoms with E-state index >= 15 is 0 Å². The number of fused-ring (bicyclic) bond motifs is 3. The lowest BCUT2D eigenvalue weighted by Gasteiger charge is -2.13. The van der Waals surface area contributed by atoms with E-state index in [2.05, 4.69) is 18.5 Å². The van der Waals surface area contributed by atoms with Gasteiger partial charge in [0.25, 0.3) is 0 Å². The Hall–Kier alpha value is -2.42. The first-order chi connectivity index (χ1) is 12.2. The Kier molecular flexibility index (Phi) is 5.32. The number of halogens is 1. The number of nitrogens with zero attached hydrogens (tertiary/aromatic N) is 2. The molecule has 3 heteroatoms. The second kappa shape index (κ2) is 7.64. The Morgan fingerprint density at radius 3 is 2.76 bits per heavy atom. The van der Waals surface area contributed by atoms with Crippen LogP contribution in [-0.2, 0) is 6.42 Å². The summed E-state index contributed by atoms with van der Waals surface area (Å²) in [4.78, 5) is 4.46. The quantitative estimate of drug-likeness (QED) is 0.455. The number of hydrogen-bond donors (Lipinski definition) is 0. The minimum Gasteiger partial charge on any atom is -0.299 e. The fourth-order valence-electron chi connectivity index (χ4n) is 3.47. The molecule has 0 saturated carbocycles. The molecular formula is C22H25FN2. The third-order valence-corrected chi connectivity index (χ3v) is 4.72. The molecule has 3 aromatic rings. The molecule has 130 valence electrons. The Morgan fingerprint density at radius 2 is 2.04 bits per heavy atom. The van der Waals surface area contributed by atoms with Gasteiger partial charge in [0.15, 0.2) is 0 Å². The maximum atomic E-state index is 14.7. The molecule has 0 radical (unpaired) electrons. The van der Waals surface area contributed by atoms with Crippen molar-refractivity contribution in [3.05, 3.63) is 59.7 Å². The second-order valence-corrected chi connectivity index (χ2v) is 6.42. The Bertz CT molecular complexity index is 934. The molecule has 2 aromatic heterocycles. The van der Waals surface area contributed by atoms with Crippen LogP contribution in [0.3, 0.4) is 0 Å². The minimum atomic E-state index is -0.132.